The number of hydrogen-bond acceptors (Lipinski definition) is 3. The molecule has 0 saturated heterocycles. The van der Waals surface area contributed by atoms with Gasteiger partial charge in [-0.3, -0.25) is 0 Å². The fourth-order valence-corrected chi connectivity index (χ4v) is 0.818. The summed E-state index contributed by atoms with van der Waals surface area (Å²) in [7, 11) is 0. The first-order valence-electron chi connectivity index (χ1n) is 2.75. The Hall–Kier alpha value is -1.12. The smallest absolute Gasteiger partial charge is 0.103 e. The summed E-state index contributed by atoms with van der Waals surface area (Å²) in [6.07, 6.45) is 5.45. The van der Waals surface area contributed by atoms with E-state index < -0.39 is 0 Å². The zero-order valence-electron chi connectivity index (χ0n) is 4.70. The average molecular weight is 119 g/mol. The lowest BCUT2D eigenvalue weighted by molar-refractivity contribution is 0.921. The Bertz CT molecular complexity index is 202. The Morgan fingerprint density at radius 3 is 3.56 bits per heavy atom. The molecule has 0 aliphatic carbocycles. The van der Waals surface area contributed by atoms with Crippen LogP contribution in [0.5, 0.6) is 0 Å². The van der Waals surface area contributed by atoms with Gasteiger partial charge in [0, 0.05) is 6.21 Å². The second kappa shape index (κ2) is 1.69. The second-order valence-electron chi connectivity index (χ2n) is 1.89. The summed E-state index contributed by atoms with van der Waals surface area (Å²) >= 11 is 0. The molecular formula is C6H5N3. The molecule has 0 amide bonds. The van der Waals surface area contributed by atoms with E-state index in [4.69, 9.17) is 0 Å². The molecule has 3 heteroatoms. The fraction of sp³-hybridized carbons (Fsp3) is 0.167. The van der Waals surface area contributed by atoms with Gasteiger partial charge in [-0.2, -0.15) is 10.2 Å². The van der Waals surface area contributed by atoms with Gasteiger partial charge in [0.2, 0.25) is 0 Å². The van der Waals surface area contributed by atoms with Crippen LogP contribution in [0, 0.1) is 12.5 Å². The molecule has 0 aromatic carbocycles. The van der Waals surface area contributed by atoms with E-state index in [1.807, 2.05) is 6.08 Å². The summed E-state index contributed by atoms with van der Waals surface area (Å²) in [4.78, 5) is 0. The lowest BCUT2D eigenvalue weighted by Crippen LogP contribution is -2.22. The molecule has 1 atom stereocenters. The Kier molecular flexibility index (Phi) is 0.886. The molecule has 2 heterocycles. The molecule has 0 aromatic rings. The lowest BCUT2D eigenvalue weighted by Gasteiger charge is -2.09. The highest BCUT2D eigenvalue weighted by molar-refractivity contribution is 6.09. The lowest BCUT2D eigenvalue weighted by atomic mass is 10.0. The molecule has 0 spiro atoms. The van der Waals surface area contributed by atoms with Crippen LogP contribution in [0.1, 0.15) is 0 Å². The number of allylic oxidation sites excluding steroid dienone is 1. The minimum Gasteiger partial charge on any atom is -0.380 e. The summed E-state index contributed by atoms with van der Waals surface area (Å²) in [5.74, 6) is 0.176. The van der Waals surface area contributed by atoms with Gasteiger partial charge in [-0.1, -0.05) is 0 Å². The first-order valence-corrected chi connectivity index (χ1v) is 2.75. The number of hydrogen-bond donors (Lipinski definition) is 1. The largest absolute Gasteiger partial charge is 0.380 e. The summed E-state index contributed by atoms with van der Waals surface area (Å²) < 4.78 is 0. The normalized spacial score (nSPS) is 29.3. The van der Waals surface area contributed by atoms with E-state index in [-0.39, 0.29) is 5.92 Å². The minimum atomic E-state index is 0.176. The average Bonchev–Trinajstić information content (AvgIpc) is 2.33. The van der Waals surface area contributed by atoms with Crippen molar-refractivity contribution in [2.45, 2.75) is 0 Å². The van der Waals surface area contributed by atoms with Crippen LogP contribution in [0.4, 0.5) is 0 Å². The predicted molar refractivity (Wildman–Crippen MR) is 34.9 cm³/mol. The maximum Gasteiger partial charge on any atom is 0.103 e. The molecule has 0 bridgehead atoms. The summed E-state index contributed by atoms with van der Waals surface area (Å²) in [6.45, 7) is 2.96. The van der Waals surface area contributed by atoms with Crippen LogP contribution in [-0.2, 0) is 0 Å². The van der Waals surface area contributed by atoms with Crippen LogP contribution < -0.4 is 5.32 Å². The number of fused-ring (bicyclic) bond motifs is 1. The van der Waals surface area contributed by atoms with Crippen molar-refractivity contribution >= 4 is 11.9 Å². The van der Waals surface area contributed by atoms with E-state index in [1.54, 1.807) is 12.4 Å². The Labute approximate surface area is 53.2 Å². The van der Waals surface area contributed by atoms with E-state index in [9.17, 15) is 0 Å². The molecule has 1 N–H and O–H groups in total. The van der Waals surface area contributed by atoms with E-state index in [2.05, 4.69) is 22.1 Å². The van der Waals surface area contributed by atoms with Crippen molar-refractivity contribution in [1.82, 2.24) is 5.32 Å². The zero-order valence-corrected chi connectivity index (χ0v) is 4.70. The molecule has 9 heavy (non-hydrogen) atoms. The third-order valence-corrected chi connectivity index (χ3v) is 1.28. The molecule has 0 saturated carbocycles. The van der Waals surface area contributed by atoms with Gasteiger partial charge in [0.15, 0.2) is 0 Å². The van der Waals surface area contributed by atoms with Gasteiger partial charge in [-0.25, -0.2) is 0 Å². The van der Waals surface area contributed by atoms with Gasteiger partial charge in [-0.15, -0.1) is 0 Å². The first-order chi connectivity index (χ1) is 4.47. The van der Waals surface area contributed by atoms with Crippen LogP contribution in [0.15, 0.2) is 22.5 Å². The SMILES string of the molecule is [C]1NC=CC2=NN=CC12. The Morgan fingerprint density at radius 1 is 1.67 bits per heavy atom. The van der Waals surface area contributed by atoms with Crippen molar-refractivity contribution in [1.29, 1.82) is 0 Å². The van der Waals surface area contributed by atoms with Crippen molar-refractivity contribution in [3.05, 3.63) is 18.8 Å². The molecule has 0 fully saturated rings. The highest BCUT2D eigenvalue weighted by atomic mass is 15.2. The molecule has 0 aromatic heterocycles. The second-order valence-corrected chi connectivity index (χ2v) is 1.89. The predicted octanol–water partition coefficient (Wildman–Crippen LogP) is 0.199. The third kappa shape index (κ3) is 0.650. The summed E-state index contributed by atoms with van der Waals surface area (Å²) in [5, 5.41) is 10.4. The monoisotopic (exact) mass is 119 g/mol. The van der Waals surface area contributed by atoms with E-state index in [0.29, 0.717) is 0 Å². The summed E-state index contributed by atoms with van der Waals surface area (Å²) in [5.41, 5.74) is 0.966. The van der Waals surface area contributed by atoms with E-state index in [0.717, 1.165) is 5.71 Å². The molecule has 2 aliphatic heterocycles. The first kappa shape index (κ1) is 4.73. The van der Waals surface area contributed by atoms with E-state index in [1.165, 1.54) is 0 Å². The van der Waals surface area contributed by atoms with Gasteiger partial charge in [-0.05, 0) is 12.3 Å². The summed E-state index contributed by atoms with van der Waals surface area (Å²) in [6, 6.07) is 0. The standard InChI is InChI=1S/C6H5N3/c1-2-7-3-5-4-8-9-6(1)5/h1-2,4-5,7H. The number of nitrogens with one attached hydrogen (secondary N) is 1. The van der Waals surface area contributed by atoms with Gasteiger partial charge < -0.3 is 5.32 Å². The van der Waals surface area contributed by atoms with Crippen LogP contribution >= 0.6 is 0 Å². The van der Waals surface area contributed by atoms with Gasteiger partial charge in [0.05, 0.1) is 11.6 Å². The van der Waals surface area contributed by atoms with Crippen molar-refractivity contribution < 1.29 is 0 Å². The maximum atomic E-state index is 3.85. The fourth-order valence-electron chi connectivity index (χ4n) is 0.818. The number of nitrogens with zero attached hydrogens (tertiary/aromatic N) is 2. The van der Waals surface area contributed by atoms with Crippen LogP contribution in [0.3, 0.4) is 0 Å². The zero-order chi connectivity index (χ0) is 6.10. The molecule has 2 radical (unpaired) electrons. The minimum absolute atomic E-state index is 0.176. The van der Waals surface area contributed by atoms with Crippen molar-refractivity contribution in [3.63, 3.8) is 0 Å². The molecular weight excluding hydrogens is 114 g/mol. The van der Waals surface area contributed by atoms with Gasteiger partial charge in [0.25, 0.3) is 0 Å². The third-order valence-electron chi connectivity index (χ3n) is 1.28. The van der Waals surface area contributed by atoms with E-state index >= 15 is 0 Å². The van der Waals surface area contributed by atoms with Crippen LogP contribution in [0.25, 0.3) is 0 Å². The van der Waals surface area contributed by atoms with Crippen molar-refractivity contribution in [2.75, 3.05) is 0 Å². The molecule has 1 unspecified atom stereocenters. The molecule has 2 rings (SSSR count). The highest BCUT2D eigenvalue weighted by Gasteiger charge is 2.18. The number of rotatable bonds is 0. The Balaban J connectivity index is 2.31. The molecule has 44 valence electrons. The molecule has 2 aliphatic rings. The van der Waals surface area contributed by atoms with Crippen LogP contribution in [0.2, 0.25) is 0 Å². The van der Waals surface area contributed by atoms with Crippen LogP contribution in [-0.4, -0.2) is 11.9 Å². The van der Waals surface area contributed by atoms with Crippen molar-refractivity contribution in [3.8, 4) is 0 Å². The van der Waals surface area contributed by atoms with Crippen molar-refractivity contribution in [2.24, 2.45) is 16.1 Å². The van der Waals surface area contributed by atoms with Gasteiger partial charge >= 0.3 is 0 Å². The molecule has 3 nitrogen and oxygen atoms in total. The van der Waals surface area contributed by atoms with Gasteiger partial charge in [0.1, 0.15) is 6.54 Å². The topological polar surface area (TPSA) is 36.8 Å². The highest BCUT2D eigenvalue weighted by Crippen LogP contribution is 2.10. The Morgan fingerprint density at radius 2 is 2.67 bits per heavy atom. The quantitative estimate of drug-likeness (QED) is 0.486. The maximum absolute atomic E-state index is 3.85.